The van der Waals surface area contributed by atoms with E-state index in [2.05, 4.69) is 46.6 Å². The van der Waals surface area contributed by atoms with Gasteiger partial charge in [0.25, 0.3) is 0 Å². The number of hydrogen-bond acceptors (Lipinski definition) is 2. The molecule has 1 aromatic carbocycles. The van der Waals surface area contributed by atoms with E-state index in [0.717, 1.165) is 29.3 Å². The molecule has 0 aliphatic rings. The first-order valence-electron chi connectivity index (χ1n) is 5.23. The molecule has 0 unspecified atom stereocenters. The lowest BCUT2D eigenvalue weighted by Gasteiger charge is -2.07. The number of fused-ring (bicyclic) bond motifs is 1. The molecule has 1 aromatic heterocycles. The standard InChI is InChI=1S/C13H11IN2/c1-2-3-11-9(7-15)8-16-13-5-4-10(14)6-12(11)13/h4-6,8H,2-3H2,1H3. The van der Waals surface area contributed by atoms with Gasteiger partial charge < -0.3 is 0 Å². The van der Waals surface area contributed by atoms with E-state index in [1.807, 2.05) is 12.1 Å². The zero-order valence-corrected chi connectivity index (χ0v) is 11.2. The average molecular weight is 322 g/mol. The Labute approximate surface area is 108 Å². The van der Waals surface area contributed by atoms with Gasteiger partial charge in [-0.25, -0.2) is 0 Å². The number of nitriles is 1. The number of pyridine rings is 1. The van der Waals surface area contributed by atoms with E-state index < -0.39 is 0 Å². The summed E-state index contributed by atoms with van der Waals surface area (Å²) in [6, 6.07) is 8.38. The maximum atomic E-state index is 9.08. The first-order valence-corrected chi connectivity index (χ1v) is 6.31. The fourth-order valence-corrected chi connectivity index (χ4v) is 2.33. The Morgan fingerprint density at radius 3 is 2.94 bits per heavy atom. The summed E-state index contributed by atoms with van der Waals surface area (Å²) in [6.07, 6.45) is 3.65. The summed E-state index contributed by atoms with van der Waals surface area (Å²) in [4.78, 5) is 4.31. The van der Waals surface area contributed by atoms with Crippen molar-refractivity contribution in [2.75, 3.05) is 0 Å². The maximum absolute atomic E-state index is 9.08. The minimum Gasteiger partial charge on any atom is -0.255 e. The summed E-state index contributed by atoms with van der Waals surface area (Å²) >= 11 is 2.29. The molecular weight excluding hydrogens is 311 g/mol. The number of aromatic nitrogens is 1. The van der Waals surface area contributed by atoms with E-state index >= 15 is 0 Å². The number of nitrogens with zero attached hydrogens (tertiary/aromatic N) is 2. The van der Waals surface area contributed by atoms with Crippen LogP contribution in [0.15, 0.2) is 24.4 Å². The molecule has 0 fully saturated rings. The van der Waals surface area contributed by atoms with Crippen molar-refractivity contribution in [2.45, 2.75) is 19.8 Å². The van der Waals surface area contributed by atoms with E-state index in [1.54, 1.807) is 6.20 Å². The van der Waals surface area contributed by atoms with Crippen molar-refractivity contribution in [3.05, 3.63) is 39.1 Å². The summed E-state index contributed by atoms with van der Waals surface area (Å²) in [7, 11) is 0. The molecule has 0 saturated heterocycles. The molecule has 0 saturated carbocycles. The SMILES string of the molecule is CCCc1c(C#N)cnc2ccc(I)cc12. The van der Waals surface area contributed by atoms with Crippen molar-refractivity contribution < 1.29 is 0 Å². The lowest BCUT2D eigenvalue weighted by atomic mass is 10.0. The van der Waals surface area contributed by atoms with Gasteiger partial charge in [-0.1, -0.05) is 13.3 Å². The highest BCUT2D eigenvalue weighted by molar-refractivity contribution is 14.1. The predicted molar refractivity (Wildman–Crippen MR) is 73.2 cm³/mol. The zero-order valence-electron chi connectivity index (χ0n) is 9.00. The molecule has 0 radical (unpaired) electrons. The first kappa shape index (κ1) is 11.3. The molecule has 2 rings (SSSR count). The Kier molecular flexibility index (Phi) is 3.39. The summed E-state index contributed by atoms with van der Waals surface area (Å²) in [5.41, 5.74) is 2.81. The van der Waals surface area contributed by atoms with Crippen LogP contribution in [0.1, 0.15) is 24.5 Å². The molecule has 80 valence electrons. The van der Waals surface area contributed by atoms with Crippen molar-refractivity contribution in [3.8, 4) is 6.07 Å². The van der Waals surface area contributed by atoms with Crippen LogP contribution in [0.5, 0.6) is 0 Å². The number of halogens is 1. The van der Waals surface area contributed by atoms with Gasteiger partial charge in [0.1, 0.15) is 6.07 Å². The van der Waals surface area contributed by atoms with Gasteiger partial charge in [0.2, 0.25) is 0 Å². The van der Waals surface area contributed by atoms with Crippen LogP contribution in [-0.4, -0.2) is 4.98 Å². The molecule has 0 atom stereocenters. The van der Waals surface area contributed by atoms with E-state index in [-0.39, 0.29) is 0 Å². The Bertz CT molecular complexity index is 570. The number of hydrogen-bond donors (Lipinski definition) is 0. The van der Waals surface area contributed by atoms with Crippen LogP contribution in [0.2, 0.25) is 0 Å². The highest BCUT2D eigenvalue weighted by atomic mass is 127. The molecule has 0 N–H and O–H groups in total. The van der Waals surface area contributed by atoms with Crippen molar-refractivity contribution in [2.24, 2.45) is 0 Å². The van der Waals surface area contributed by atoms with Crippen LogP contribution in [0.4, 0.5) is 0 Å². The third-order valence-electron chi connectivity index (χ3n) is 2.56. The van der Waals surface area contributed by atoms with Gasteiger partial charge in [-0.2, -0.15) is 5.26 Å². The minimum absolute atomic E-state index is 0.705. The Morgan fingerprint density at radius 2 is 2.25 bits per heavy atom. The van der Waals surface area contributed by atoms with E-state index in [4.69, 9.17) is 5.26 Å². The second-order valence-electron chi connectivity index (χ2n) is 3.67. The number of rotatable bonds is 2. The molecule has 1 heterocycles. The number of benzene rings is 1. The van der Waals surface area contributed by atoms with E-state index in [1.165, 1.54) is 3.57 Å². The molecule has 0 aliphatic heterocycles. The van der Waals surface area contributed by atoms with Crippen molar-refractivity contribution in [1.82, 2.24) is 4.98 Å². The molecule has 16 heavy (non-hydrogen) atoms. The molecule has 2 nitrogen and oxygen atoms in total. The van der Waals surface area contributed by atoms with Gasteiger partial charge in [-0.15, -0.1) is 0 Å². The third-order valence-corrected chi connectivity index (χ3v) is 3.23. The van der Waals surface area contributed by atoms with Gasteiger partial charge in [-0.3, -0.25) is 4.98 Å². The van der Waals surface area contributed by atoms with Gasteiger partial charge in [-0.05, 0) is 52.8 Å². The van der Waals surface area contributed by atoms with Crippen LogP contribution >= 0.6 is 22.6 Å². The highest BCUT2D eigenvalue weighted by Gasteiger charge is 2.08. The normalized spacial score (nSPS) is 10.3. The second kappa shape index (κ2) is 4.79. The van der Waals surface area contributed by atoms with Gasteiger partial charge in [0, 0.05) is 15.2 Å². The van der Waals surface area contributed by atoms with Crippen molar-refractivity contribution in [3.63, 3.8) is 0 Å². The van der Waals surface area contributed by atoms with Crippen LogP contribution in [0, 0.1) is 14.9 Å². The molecule has 3 heteroatoms. The topological polar surface area (TPSA) is 36.7 Å². The van der Waals surface area contributed by atoms with Crippen LogP contribution in [-0.2, 0) is 6.42 Å². The van der Waals surface area contributed by atoms with E-state index in [0.29, 0.717) is 5.56 Å². The number of aryl methyl sites for hydroxylation is 1. The summed E-state index contributed by atoms with van der Waals surface area (Å²) < 4.78 is 1.18. The average Bonchev–Trinajstić information content (AvgIpc) is 2.30. The zero-order chi connectivity index (χ0) is 11.5. The second-order valence-corrected chi connectivity index (χ2v) is 4.92. The molecule has 0 amide bonds. The van der Waals surface area contributed by atoms with E-state index in [9.17, 15) is 0 Å². The quantitative estimate of drug-likeness (QED) is 0.791. The Balaban J connectivity index is 2.77. The summed E-state index contributed by atoms with van der Waals surface area (Å²) in [6.45, 7) is 2.13. The monoisotopic (exact) mass is 322 g/mol. The molecule has 0 spiro atoms. The van der Waals surface area contributed by atoms with Gasteiger partial charge >= 0.3 is 0 Å². The van der Waals surface area contributed by atoms with Crippen LogP contribution in [0.3, 0.4) is 0 Å². The Morgan fingerprint density at radius 1 is 1.44 bits per heavy atom. The van der Waals surface area contributed by atoms with Crippen LogP contribution in [0.25, 0.3) is 10.9 Å². The third kappa shape index (κ3) is 2.03. The Hall–Kier alpha value is -1.15. The maximum Gasteiger partial charge on any atom is 0.101 e. The largest absolute Gasteiger partial charge is 0.255 e. The van der Waals surface area contributed by atoms with Crippen molar-refractivity contribution in [1.29, 1.82) is 5.26 Å². The fourth-order valence-electron chi connectivity index (χ4n) is 1.84. The van der Waals surface area contributed by atoms with Gasteiger partial charge in [0.05, 0.1) is 11.1 Å². The molecule has 0 aliphatic carbocycles. The summed E-state index contributed by atoms with van der Waals surface area (Å²) in [5, 5.41) is 10.2. The molecular formula is C13H11IN2. The first-order chi connectivity index (χ1) is 7.76. The molecule has 0 bridgehead atoms. The minimum atomic E-state index is 0.705. The highest BCUT2D eigenvalue weighted by Crippen LogP contribution is 2.23. The van der Waals surface area contributed by atoms with Crippen molar-refractivity contribution >= 4 is 33.5 Å². The lowest BCUT2D eigenvalue weighted by Crippen LogP contribution is -1.94. The summed E-state index contributed by atoms with van der Waals surface area (Å²) in [5.74, 6) is 0. The fraction of sp³-hybridized carbons (Fsp3) is 0.231. The van der Waals surface area contributed by atoms with Crippen LogP contribution < -0.4 is 0 Å². The smallest absolute Gasteiger partial charge is 0.101 e. The van der Waals surface area contributed by atoms with Gasteiger partial charge in [0.15, 0.2) is 0 Å². The predicted octanol–water partition coefficient (Wildman–Crippen LogP) is 3.66. The lowest BCUT2D eigenvalue weighted by molar-refractivity contribution is 0.924. The molecule has 2 aromatic rings.